The lowest BCUT2D eigenvalue weighted by atomic mass is 9.86. The van der Waals surface area contributed by atoms with Gasteiger partial charge in [0.25, 0.3) is 0 Å². The molecule has 2 nitrogen and oxygen atoms in total. The summed E-state index contributed by atoms with van der Waals surface area (Å²) in [4.78, 5) is 0. The summed E-state index contributed by atoms with van der Waals surface area (Å²) in [6.45, 7) is 9.69. The van der Waals surface area contributed by atoms with Gasteiger partial charge in [0.1, 0.15) is 5.75 Å². The van der Waals surface area contributed by atoms with Crippen LogP contribution in [0.4, 0.5) is 0 Å². The van der Waals surface area contributed by atoms with Crippen LogP contribution in [-0.4, -0.2) is 19.7 Å². The van der Waals surface area contributed by atoms with Gasteiger partial charge in [-0.2, -0.15) is 0 Å². The Bertz CT molecular complexity index is 405. The number of benzene rings is 1. The van der Waals surface area contributed by atoms with E-state index in [9.17, 15) is 0 Å². The maximum absolute atomic E-state index is 6.04. The van der Waals surface area contributed by atoms with Gasteiger partial charge in [0.05, 0.1) is 6.61 Å². The lowest BCUT2D eigenvalue weighted by molar-refractivity contribution is 0.254. The summed E-state index contributed by atoms with van der Waals surface area (Å²) in [6, 6.07) is 6.30. The van der Waals surface area contributed by atoms with E-state index in [0.717, 1.165) is 29.9 Å². The summed E-state index contributed by atoms with van der Waals surface area (Å²) in [6.07, 6.45) is 1.22. The summed E-state index contributed by atoms with van der Waals surface area (Å²) in [5.74, 6) is 1.68. The predicted molar refractivity (Wildman–Crippen MR) is 79.3 cm³/mol. The lowest BCUT2D eigenvalue weighted by Crippen LogP contribution is -2.18. The molecule has 2 rings (SSSR count). The summed E-state index contributed by atoms with van der Waals surface area (Å²) < 4.78 is 7.15. The molecule has 1 N–H and O–H groups in total. The number of ether oxygens (including phenoxy) is 1. The molecule has 1 atom stereocenters. The van der Waals surface area contributed by atoms with Gasteiger partial charge in [-0.05, 0) is 36.6 Å². The summed E-state index contributed by atoms with van der Waals surface area (Å²) in [7, 11) is 0. The molecular weight excluding hydrogens is 290 g/mol. The van der Waals surface area contributed by atoms with E-state index in [1.54, 1.807) is 0 Å². The third kappa shape index (κ3) is 3.48. The summed E-state index contributed by atoms with van der Waals surface area (Å²) in [5.41, 5.74) is 1.37. The van der Waals surface area contributed by atoms with Crippen molar-refractivity contribution < 1.29 is 4.74 Å². The quantitative estimate of drug-likeness (QED) is 0.918. The molecule has 0 aliphatic carbocycles. The van der Waals surface area contributed by atoms with E-state index in [1.165, 1.54) is 12.0 Å². The smallest absolute Gasteiger partial charge is 0.123 e. The summed E-state index contributed by atoms with van der Waals surface area (Å²) in [5, 5.41) is 3.38. The molecule has 0 saturated carbocycles. The molecule has 0 amide bonds. The van der Waals surface area contributed by atoms with Crippen LogP contribution in [-0.2, 0) is 5.41 Å². The molecule has 1 fully saturated rings. The van der Waals surface area contributed by atoms with Crippen molar-refractivity contribution in [3.8, 4) is 5.75 Å². The molecule has 1 aliphatic heterocycles. The van der Waals surface area contributed by atoms with Crippen molar-refractivity contribution in [2.24, 2.45) is 5.92 Å². The van der Waals surface area contributed by atoms with Crippen molar-refractivity contribution in [1.29, 1.82) is 0 Å². The molecule has 1 unspecified atom stereocenters. The molecule has 1 saturated heterocycles. The van der Waals surface area contributed by atoms with E-state index in [-0.39, 0.29) is 5.41 Å². The van der Waals surface area contributed by atoms with E-state index in [0.29, 0.717) is 5.92 Å². The van der Waals surface area contributed by atoms with Gasteiger partial charge in [0, 0.05) is 22.5 Å². The van der Waals surface area contributed by atoms with Crippen LogP contribution in [0.25, 0.3) is 0 Å². The van der Waals surface area contributed by atoms with Gasteiger partial charge in [-0.1, -0.05) is 36.7 Å². The Kier molecular flexibility index (Phi) is 4.33. The van der Waals surface area contributed by atoms with Crippen LogP contribution in [0.2, 0.25) is 0 Å². The number of hydrogen-bond donors (Lipinski definition) is 1. The number of hydrogen-bond acceptors (Lipinski definition) is 2. The van der Waals surface area contributed by atoms with Gasteiger partial charge in [-0.25, -0.2) is 0 Å². The van der Waals surface area contributed by atoms with Crippen LogP contribution in [0.15, 0.2) is 22.7 Å². The van der Waals surface area contributed by atoms with Gasteiger partial charge in [-0.3, -0.25) is 0 Å². The zero-order chi connectivity index (χ0) is 13.2. The standard InChI is InChI=1S/C15H22BrNO/c1-15(2,3)13-8-12(16)4-5-14(13)18-10-11-6-7-17-9-11/h4-5,8,11,17H,6-7,9-10H2,1-3H3. The molecule has 0 radical (unpaired) electrons. The van der Waals surface area contributed by atoms with Crippen molar-refractivity contribution in [3.05, 3.63) is 28.2 Å². The van der Waals surface area contributed by atoms with Crippen LogP contribution < -0.4 is 10.1 Å². The topological polar surface area (TPSA) is 21.3 Å². The van der Waals surface area contributed by atoms with Gasteiger partial charge in [0.2, 0.25) is 0 Å². The van der Waals surface area contributed by atoms with Crippen LogP contribution >= 0.6 is 15.9 Å². The van der Waals surface area contributed by atoms with Crippen molar-refractivity contribution in [2.75, 3.05) is 19.7 Å². The maximum atomic E-state index is 6.04. The van der Waals surface area contributed by atoms with Crippen LogP contribution in [0.1, 0.15) is 32.8 Å². The Morgan fingerprint density at radius 2 is 2.17 bits per heavy atom. The van der Waals surface area contributed by atoms with Crippen molar-refractivity contribution in [2.45, 2.75) is 32.6 Å². The number of nitrogens with one attached hydrogen (secondary N) is 1. The van der Waals surface area contributed by atoms with Crippen molar-refractivity contribution >= 4 is 15.9 Å². The van der Waals surface area contributed by atoms with Gasteiger partial charge < -0.3 is 10.1 Å². The Morgan fingerprint density at radius 1 is 1.39 bits per heavy atom. The monoisotopic (exact) mass is 311 g/mol. The molecule has 1 heterocycles. The molecule has 1 aromatic carbocycles. The first kappa shape index (κ1) is 13.9. The Hall–Kier alpha value is -0.540. The second kappa shape index (κ2) is 5.62. The van der Waals surface area contributed by atoms with Gasteiger partial charge in [0.15, 0.2) is 0 Å². The minimum atomic E-state index is 0.104. The number of halogens is 1. The summed E-state index contributed by atoms with van der Waals surface area (Å²) >= 11 is 3.54. The molecular formula is C15H22BrNO. The van der Waals surface area contributed by atoms with Crippen LogP contribution in [0.5, 0.6) is 5.75 Å². The molecule has 1 aromatic rings. The normalized spacial score (nSPS) is 20.1. The van der Waals surface area contributed by atoms with Gasteiger partial charge in [-0.15, -0.1) is 0 Å². The van der Waals surface area contributed by atoms with Crippen LogP contribution in [0, 0.1) is 5.92 Å². The zero-order valence-corrected chi connectivity index (χ0v) is 13.0. The zero-order valence-electron chi connectivity index (χ0n) is 11.4. The molecule has 0 spiro atoms. The molecule has 18 heavy (non-hydrogen) atoms. The fraction of sp³-hybridized carbons (Fsp3) is 0.600. The van der Waals surface area contributed by atoms with E-state index < -0.39 is 0 Å². The molecule has 3 heteroatoms. The van der Waals surface area contributed by atoms with E-state index >= 15 is 0 Å². The SMILES string of the molecule is CC(C)(C)c1cc(Br)ccc1OCC1CCNC1. The first-order valence-electron chi connectivity index (χ1n) is 6.60. The van der Waals surface area contributed by atoms with Crippen LogP contribution in [0.3, 0.4) is 0 Å². The first-order chi connectivity index (χ1) is 8.47. The fourth-order valence-electron chi connectivity index (χ4n) is 2.28. The molecule has 0 aromatic heterocycles. The van der Waals surface area contributed by atoms with Crippen molar-refractivity contribution in [1.82, 2.24) is 5.32 Å². The highest BCUT2D eigenvalue weighted by Gasteiger charge is 2.21. The minimum absolute atomic E-state index is 0.104. The van der Waals surface area contributed by atoms with E-state index in [4.69, 9.17) is 4.74 Å². The molecule has 0 bridgehead atoms. The Morgan fingerprint density at radius 3 is 2.78 bits per heavy atom. The predicted octanol–water partition coefficient (Wildman–Crippen LogP) is 3.73. The molecule has 1 aliphatic rings. The number of rotatable bonds is 3. The second-order valence-corrected chi connectivity index (χ2v) is 6.98. The average Bonchev–Trinajstić information content (AvgIpc) is 2.79. The third-order valence-electron chi connectivity index (χ3n) is 3.39. The van der Waals surface area contributed by atoms with Crippen molar-refractivity contribution in [3.63, 3.8) is 0 Å². The highest BCUT2D eigenvalue weighted by atomic mass is 79.9. The second-order valence-electron chi connectivity index (χ2n) is 6.06. The highest BCUT2D eigenvalue weighted by Crippen LogP contribution is 2.34. The van der Waals surface area contributed by atoms with E-state index in [2.05, 4.69) is 60.2 Å². The maximum Gasteiger partial charge on any atom is 0.123 e. The van der Waals surface area contributed by atoms with Gasteiger partial charge >= 0.3 is 0 Å². The van der Waals surface area contributed by atoms with E-state index in [1.807, 2.05) is 0 Å². The third-order valence-corrected chi connectivity index (χ3v) is 3.88. The largest absolute Gasteiger partial charge is 0.493 e. The fourth-order valence-corrected chi connectivity index (χ4v) is 2.64. The lowest BCUT2D eigenvalue weighted by Gasteiger charge is -2.24. The highest BCUT2D eigenvalue weighted by molar-refractivity contribution is 9.10. The Labute approximate surface area is 118 Å². The Balaban J connectivity index is 2.11. The first-order valence-corrected chi connectivity index (χ1v) is 7.39. The minimum Gasteiger partial charge on any atom is -0.493 e. The average molecular weight is 312 g/mol. The molecule has 100 valence electrons.